The molecule has 0 spiro atoms. The number of methoxy groups -OCH3 is 1. The lowest BCUT2D eigenvalue weighted by Crippen LogP contribution is -2.44. The zero-order valence-corrected chi connectivity index (χ0v) is 15.4. The maximum absolute atomic E-state index is 12.2. The number of carbonyl (C=O) groups excluding carboxylic acids is 2. The van der Waals surface area contributed by atoms with E-state index >= 15 is 0 Å². The van der Waals surface area contributed by atoms with Crippen LogP contribution in [-0.2, 0) is 9.59 Å². The van der Waals surface area contributed by atoms with Gasteiger partial charge in [0.1, 0.15) is 24.7 Å². The van der Waals surface area contributed by atoms with E-state index in [0.717, 1.165) is 17.0 Å². The van der Waals surface area contributed by atoms with Crippen molar-refractivity contribution in [3.63, 3.8) is 0 Å². The normalized spacial score (nSPS) is 12.8. The molecule has 3 rings (SSSR count). The highest BCUT2D eigenvalue weighted by molar-refractivity contribution is 5.89. The van der Waals surface area contributed by atoms with E-state index < -0.39 is 0 Å². The van der Waals surface area contributed by atoms with Crippen LogP contribution in [0.1, 0.15) is 5.56 Å². The van der Waals surface area contributed by atoms with Crippen molar-refractivity contribution in [2.24, 2.45) is 0 Å². The van der Waals surface area contributed by atoms with Gasteiger partial charge in [0.25, 0.3) is 0 Å². The van der Waals surface area contributed by atoms with Crippen LogP contribution in [0.3, 0.4) is 0 Å². The van der Waals surface area contributed by atoms with E-state index in [-0.39, 0.29) is 25.0 Å². The van der Waals surface area contributed by atoms with Crippen molar-refractivity contribution < 1.29 is 23.8 Å². The second-order valence-electron chi connectivity index (χ2n) is 6.18. The van der Waals surface area contributed by atoms with E-state index in [2.05, 4.69) is 5.32 Å². The number of hydrogen-bond acceptors (Lipinski definition) is 6. The smallest absolute Gasteiger partial charge is 0.331 e. The molecule has 0 atom stereocenters. The predicted octanol–water partition coefficient (Wildman–Crippen LogP) is 1.92. The number of rotatable bonds is 7. The van der Waals surface area contributed by atoms with Gasteiger partial charge < -0.3 is 24.4 Å². The van der Waals surface area contributed by atoms with Gasteiger partial charge in [0.15, 0.2) is 5.75 Å². The Labute approximate surface area is 157 Å². The summed E-state index contributed by atoms with van der Waals surface area (Å²) in [5.41, 5.74) is 1.78. The number of carbonyl (C=O) groups is 2. The van der Waals surface area contributed by atoms with Gasteiger partial charge in [-0.2, -0.15) is 0 Å². The molecular formula is C20H22N2O5. The lowest BCUT2D eigenvalue weighted by molar-refractivity contribution is -0.133. The van der Waals surface area contributed by atoms with Gasteiger partial charge >= 0.3 is 5.97 Å². The Bertz CT molecular complexity index is 820. The molecule has 1 aliphatic heterocycles. The second kappa shape index (κ2) is 8.44. The van der Waals surface area contributed by atoms with Crippen molar-refractivity contribution in [2.45, 2.75) is 6.92 Å². The summed E-state index contributed by atoms with van der Waals surface area (Å²) in [5, 5.41) is 2.80. The van der Waals surface area contributed by atoms with Gasteiger partial charge in [-0.3, -0.25) is 4.79 Å². The summed E-state index contributed by atoms with van der Waals surface area (Å²) in [6.07, 6.45) is 0. The standard InChI is InChI=1S/C20H22N2O5/c1-14-3-8-18-17(11-14)22(13-20(24)27-18)12-19(23)21-9-10-26-16-6-4-15(25-2)5-7-16/h3-8,11H,9-10,12-13H2,1-2H3,(H,21,23). The number of ether oxygens (including phenoxy) is 3. The third-order valence-corrected chi connectivity index (χ3v) is 4.09. The zero-order chi connectivity index (χ0) is 19.2. The fourth-order valence-corrected chi connectivity index (χ4v) is 2.76. The summed E-state index contributed by atoms with van der Waals surface area (Å²) in [4.78, 5) is 25.7. The Morgan fingerprint density at radius 3 is 2.67 bits per heavy atom. The van der Waals surface area contributed by atoms with Gasteiger partial charge in [-0.1, -0.05) is 6.07 Å². The summed E-state index contributed by atoms with van der Waals surface area (Å²) in [5.74, 6) is 1.38. The van der Waals surface area contributed by atoms with Crippen molar-refractivity contribution in [3.05, 3.63) is 48.0 Å². The molecule has 142 valence electrons. The fraction of sp³-hybridized carbons (Fsp3) is 0.300. The maximum Gasteiger partial charge on any atom is 0.331 e. The average Bonchev–Trinajstić information content (AvgIpc) is 2.66. The molecule has 7 nitrogen and oxygen atoms in total. The first kappa shape index (κ1) is 18.6. The summed E-state index contributed by atoms with van der Waals surface area (Å²) < 4.78 is 15.9. The van der Waals surface area contributed by atoms with Gasteiger partial charge in [0.05, 0.1) is 25.9 Å². The molecule has 0 fully saturated rings. The topological polar surface area (TPSA) is 77.1 Å². The quantitative estimate of drug-likeness (QED) is 0.456. The highest BCUT2D eigenvalue weighted by Gasteiger charge is 2.25. The highest BCUT2D eigenvalue weighted by Crippen LogP contribution is 2.32. The van der Waals surface area contributed by atoms with Gasteiger partial charge in [-0.05, 0) is 48.9 Å². The van der Waals surface area contributed by atoms with E-state index in [4.69, 9.17) is 14.2 Å². The third kappa shape index (κ3) is 4.91. The lowest BCUT2D eigenvalue weighted by Gasteiger charge is -2.29. The molecule has 1 N–H and O–H groups in total. The summed E-state index contributed by atoms with van der Waals surface area (Å²) >= 11 is 0. The first-order valence-electron chi connectivity index (χ1n) is 8.65. The van der Waals surface area contributed by atoms with E-state index in [1.807, 2.05) is 31.2 Å². The Kier molecular flexibility index (Phi) is 5.80. The zero-order valence-electron chi connectivity index (χ0n) is 15.4. The van der Waals surface area contributed by atoms with Crippen molar-refractivity contribution in [1.82, 2.24) is 5.32 Å². The van der Waals surface area contributed by atoms with Crippen LogP contribution >= 0.6 is 0 Å². The van der Waals surface area contributed by atoms with Crippen LogP contribution in [0.2, 0.25) is 0 Å². The number of nitrogens with zero attached hydrogens (tertiary/aromatic N) is 1. The number of hydrogen-bond donors (Lipinski definition) is 1. The average molecular weight is 370 g/mol. The molecule has 0 saturated carbocycles. The second-order valence-corrected chi connectivity index (χ2v) is 6.18. The van der Waals surface area contributed by atoms with E-state index in [9.17, 15) is 9.59 Å². The van der Waals surface area contributed by atoms with E-state index in [0.29, 0.717) is 24.7 Å². The first-order valence-corrected chi connectivity index (χ1v) is 8.65. The SMILES string of the molecule is COc1ccc(OCCNC(=O)CN2CC(=O)Oc3ccc(C)cc32)cc1. The number of amides is 1. The molecular weight excluding hydrogens is 348 g/mol. The first-order chi connectivity index (χ1) is 13.0. The van der Waals surface area contributed by atoms with E-state index in [1.54, 1.807) is 30.2 Å². The third-order valence-electron chi connectivity index (χ3n) is 4.09. The minimum Gasteiger partial charge on any atom is -0.497 e. The molecule has 0 aliphatic carbocycles. The number of nitrogens with one attached hydrogen (secondary N) is 1. The molecule has 27 heavy (non-hydrogen) atoms. The Morgan fingerprint density at radius 2 is 1.93 bits per heavy atom. The maximum atomic E-state index is 12.2. The summed E-state index contributed by atoms with van der Waals surface area (Å²) in [6, 6.07) is 12.7. The Morgan fingerprint density at radius 1 is 1.19 bits per heavy atom. The molecule has 0 radical (unpaired) electrons. The molecule has 0 aromatic heterocycles. The highest BCUT2D eigenvalue weighted by atomic mass is 16.5. The van der Waals surface area contributed by atoms with Crippen LogP contribution in [0, 0.1) is 6.92 Å². The summed E-state index contributed by atoms with van der Waals surface area (Å²) in [7, 11) is 1.60. The van der Waals surface area contributed by atoms with Crippen molar-refractivity contribution in [3.8, 4) is 17.2 Å². The van der Waals surface area contributed by atoms with Crippen LogP contribution in [0.15, 0.2) is 42.5 Å². The van der Waals surface area contributed by atoms with Gasteiger partial charge in [0, 0.05) is 0 Å². The molecule has 2 aromatic carbocycles. The number of esters is 1. The molecule has 0 bridgehead atoms. The van der Waals surface area contributed by atoms with Crippen molar-refractivity contribution in [1.29, 1.82) is 0 Å². The van der Waals surface area contributed by atoms with Crippen LogP contribution in [0.25, 0.3) is 0 Å². The number of aryl methyl sites for hydroxylation is 1. The predicted molar refractivity (Wildman–Crippen MR) is 101 cm³/mol. The van der Waals surface area contributed by atoms with Crippen LogP contribution in [-0.4, -0.2) is 45.2 Å². The molecule has 2 aromatic rings. The van der Waals surface area contributed by atoms with Crippen LogP contribution in [0.4, 0.5) is 5.69 Å². The minimum absolute atomic E-state index is 0.0478. The molecule has 0 saturated heterocycles. The van der Waals surface area contributed by atoms with Crippen LogP contribution in [0.5, 0.6) is 17.2 Å². The number of anilines is 1. The molecule has 1 heterocycles. The summed E-state index contributed by atoms with van der Waals surface area (Å²) in [6.45, 7) is 2.78. The van der Waals surface area contributed by atoms with Gasteiger partial charge in [-0.25, -0.2) is 4.79 Å². The number of fused-ring (bicyclic) bond motifs is 1. The lowest BCUT2D eigenvalue weighted by atomic mass is 10.1. The largest absolute Gasteiger partial charge is 0.497 e. The molecule has 7 heteroatoms. The van der Waals surface area contributed by atoms with Crippen molar-refractivity contribution >= 4 is 17.6 Å². The molecule has 1 aliphatic rings. The fourth-order valence-electron chi connectivity index (χ4n) is 2.76. The van der Waals surface area contributed by atoms with Crippen molar-refractivity contribution in [2.75, 3.05) is 38.3 Å². The van der Waals surface area contributed by atoms with Gasteiger partial charge in [-0.15, -0.1) is 0 Å². The minimum atomic E-state index is -0.373. The monoisotopic (exact) mass is 370 g/mol. The number of benzene rings is 2. The molecule has 1 amide bonds. The Balaban J connectivity index is 1.48. The molecule has 0 unspecified atom stereocenters. The van der Waals surface area contributed by atoms with E-state index in [1.165, 1.54) is 0 Å². The van der Waals surface area contributed by atoms with Gasteiger partial charge in [0.2, 0.25) is 5.91 Å². The van der Waals surface area contributed by atoms with Crippen LogP contribution < -0.4 is 24.4 Å². The Hall–Kier alpha value is -3.22.